The van der Waals surface area contributed by atoms with Crippen LogP contribution in [0.25, 0.3) is 38.1 Å². The number of aromatic amines is 1. The van der Waals surface area contributed by atoms with Crippen LogP contribution < -0.4 is 10.6 Å². The first kappa shape index (κ1) is 19.1. The van der Waals surface area contributed by atoms with Crippen molar-refractivity contribution >= 4 is 49.3 Å². The quantitative estimate of drug-likeness (QED) is 0.370. The van der Waals surface area contributed by atoms with Gasteiger partial charge in [0.2, 0.25) is 0 Å². The minimum atomic E-state index is -0.264. The third-order valence-corrected chi connectivity index (χ3v) is 5.91. The predicted molar refractivity (Wildman–Crippen MR) is 127 cm³/mol. The highest BCUT2D eigenvalue weighted by Crippen LogP contribution is 2.37. The fourth-order valence-electron chi connectivity index (χ4n) is 3.47. The Balaban J connectivity index is 1.68. The summed E-state index contributed by atoms with van der Waals surface area (Å²) < 4.78 is 0.973. The molecule has 1 aliphatic carbocycles. The Morgan fingerprint density at radius 2 is 2.13 bits per heavy atom. The van der Waals surface area contributed by atoms with Gasteiger partial charge in [-0.3, -0.25) is 5.32 Å². The molecule has 2 amide bonds. The minimum Gasteiger partial charge on any atom is -0.346 e. The Morgan fingerprint density at radius 1 is 1.19 bits per heavy atom. The molecule has 31 heavy (non-hydrogen) atoms. The lowest BCUT2D eigenvalue weighted by Crippen LogP contribution is -2.28. The van der Waals surface area contributed by atoms with Crippen LogP contribution in [0.2, 0.25) is 0 Å². The molecule has 0 radical (unpaired) electrons. The van der Waals surface area contributed by atoms with Gasteiger partial charge in [-0.05, 0) is 66.6 Å². The summed E-state index contributed by atoms with van der Waals surface area (Å²) in [6.45, 7) is 2.43. The lowest BCUT2D eigenvalue weighted by atomic mass is 10.00. The second-order valence-electron chi connectivity index (χ2n) is 6.97. The van der Waals surface area contributed by atoms with Crippen molar-refractivity contribution in [3.63, 3.8) is 0 Å². The van der Waals surface area contributed by atoms with E-state index in [1.807, 2.05) is 61.7 Å². The van der Waals surface area contributed by atoms with Crippen molar-refractivity contribution in [3.8, 4) is 11.3 Å². The molecular formula is C24H19N5OS. The maximum atomic E-state index is 12.0. The first-order valence-electron chi connectivity index (χ1n) is 9.95. The van der Waals surface area contributed by atoms with Gasteiger partial charge in [-0.2, -0.15) is 0 Å². The number of amides is 2. The summed E-state index contributed by atoms with van der Waals surface area (Å²) in [6.07, 6.45) is 11.7. The fourth-order valence-corrected chi connectivity index (χ4v) is 4.44. The maximum absolute atomic E-state index is 12.0. The van der Waals surface area contributed by atoms with Gasteiger partial charge in [-0.25, -0.2) is 14.8 Å². The zero-order valence-electron chi connectivity index (χ0n) is 16.8. The van der Waals surface area contributed by atoms with E-state index in [-0.39, 0.29) is 6.03 Å². The predicted octanol–water partition coefficient (Wildman–Crippen LogP) is 5.65. The number of rotatable bonds is 4. The summed E-state index contributed by atoms with van der Waals surface area (Å²) in [7, 11) is 0. The normalized spacial score (nSPS) is 12.9. The first-order chi connectivity index (χ1) is 15.2. The summed E-state index contributed by atoms with van der Waals surface area (Å²) in [4.78, 5) is 24.7. The number of allylic oxidation sites excluding steroid dienone is 5. The Hall–Kier alpha value is -3.93. The molecule has 0 atom stereocenters. The van der Waals surface area contributed by atoms with Gasteiger partial charge in [0.1, 0.15) is 5.65 Å². The summed E-state index contributed by atoms with van der Waals surface area (Å²) >= 11 is 1.44. The van der Waals surface area contributed by atoms with Gasteiger partial charge < -0.3 is 10.3 Å². The average molecular weight is 426 g/mol. The summed E-state index contributed by atoms with van der Waals surface area (Å²) in [5.41, 5.74) is 8.63. The van der Waals surface area contributed by atoms with Crippen molar-refractivity contribution in [3.05, 3.63) is 78.2 Å². The highest BCUT2D eigenvalue weighted by molar-refractivity contribution is 7.22. The van der Waals surface area contributed by atoms with Gasteiger partial charge in [0, 0.05) is 23.7 Å². The highest BCUT2D eigenvalue weighted by Gasteiger charge is 2.16. The monoisotopic (exact) mass is 425 g/mol. The molecule has 152 valence electrons. The highest BCUT2D eigenvalue weighted by atomic mass is 32.1. The number of carbonyl (C=O) groups excluding carboxylic acids is 1. The average Bonchev–Trinajstić information content (AvgIpc) is 3.30. The number of nitrogens with one attached hydrogen (secondary N) is 3. The Labute approximate surface area is 182 Å². The Bertz CT molecular complexity index is 1430. The van der Waals surface area contributed by atoms with E-state index in [1.165, 1.54) is 11.3 Å². The van der Waals surface area contributed by atoms with E-state index in [1.54, 1.807) is 0 Å². The van der Waals surface area contributed by atoms with Crippen LogP contribution in [0.3, 0.4) is 0 Å². The number of carbonyl (C=O) groups is 1. The molecular weight excluding hydrogens is 406 g/mol. The number of anilines is 1. The molecule has 0 bridgehead atoms. The van der Waals surface area contributed by atoms with Gasteiger partial charge in [-0.15, -0.1) is 5.73 Å². The van der Waals surface area contributed by atoms with Crippen LogP contribution in [0.15, 0.2) is 72.6 Å². The van der Waals surface area contributed by atoms with Crippen molar-refractivity contribution in [2.75, 3.05) is 11.9 Å². The Kier molecular flexibility index (Phi) is 4.96. The number of thiazole rings is 1. The van der Waals surface area contributed by atoms with Crippen molar-refractivity contribution in [1.29, 1.82) is 0 Å². The van der Waals surface area contributed by atoms with E-state index < -0.39 is 0 Å². The van der Waals surface area contributed by atoms with E-state index in [0.717, 1.165) is 43.6 Å². The molecule has 1 aliphatic rings. The third-order valence-electron chi connectivity index (χ3n) is 4.89. The van der Waals surface area contributed by atoms with Crippen molar-refractivity contribution in [2.45, 2.75) is 6.92 Å². The van der Waals surface area contributed by atoms with E-state index in [9.17, 15) is 4.79 Å². The zero-order valence-corrected chi connectivity index (χ0v) is 17.6. The Morgan fingerprint density at radius 3 is 3.03 bits per heavy atom. The van der Waals surface area contributed by atoms with Gasteiger partial charge >= 0.3 is 6.03 Å². The molecule has 0 spiro atoms. The molecule has 3 aromatic heterocycles. The third kappa shape index (κ3) is 3.80. The molecule has 0 aliphatic heterocycles. The van der Waals surface area contributed by atoms with Gasteiger partial charge in [0.05, 0.1) is 15.9 Å². The number of nitrogens with zero attached hydrogens (tertiary/aromatic N) is 2. The number of fused-ring (bicyclic) bond motifs is 2. The molecule has 3 heterocycles. The number of pyridine rings is 1. The molecule has 4 aromatic rings. The van der Waals surface area contributed by atoms with Gasteiger partial charge in [0.25, 0.3) is 0 Å². The van der Waals surface area contributed by atoms with E-state index in [4.69, 9.17) is 4.98 Å². The number of aromatic nitrogens is 3. The van der Waals surface area contributed by atoms with Crippen LogP contribution in [-0.4, -0.2) is 27.5 Å². The molecule has 0 saturated heterocycles. The maximum Gasteiger partial charge on any atom is 0.321 e. The largest absolute Gasteiger partial charge is 0.346 e. The van der Waals surface area contributed by atoms with E-state index >= 15 is 0 Å². The molecule has 6 nitrogen and oxygen atoms in total. The van der Waals surface area contributed by atoms with Crippen molar-refractivity contribution in [2.24, 2.45) is 0 Å². The lowest BCUT2D eigenvalue weighted by Gasteiger charge is -2.08. The van der Waals surface area contributed by atoms with E-state index in [0.29, 0.717) is 11.7 Å². The SMILES string of the molecule is CCNC(=O)Nc1nc2cc(C3=CC=C=CC=C3)cc(-c3ccc4cc[nH]c4n3)c2s1. The number of hydrogen-bond acceptors (Lipinski definition) is 4. The topological polar surface area (TPSA) is 82.7 Å². The number of hydrogen-bond donors (Lipinski definition) is 3. The number of benzene rings is 1. The molecule has 0 unspecified atom stereocenters. The first-order valence-corrected chi connectivity index (χ1v) is 10.8. The summed E-state index contributed by atoms with van der Waals surface area (Å²) in [6, 6.07) is 9.98. The number of urea groups is 1. The van der Waals surface area contributed by atoms with Crippen LogP contribution in [0.4, 0.5) is 9.93 Å². The van der Waals surface area contributed by atoms with Gasteiger partial charge in [-0.1, -0.05) is 23.5 Å². The smallest absolute Gasteiger partial charge is 0.321 e. The number of H-pyrrole nitrogens is 1. The van der Waals surface area contributed by atoms with Crippen LogP contribution in [0.5, 0.6) is 0 Å². The van der Waals surface area contributed by atoms with Gasteiger partial charge in [0.15, 0.2) is 5.13 Å². The van der Waals surface area contributed by atoms with Crippen LogP contribution in [-0.2, 0) is 0 Å². The lowest BCUT2D eigenvalue weighted by molar-refractivity contribution is 0.252. The molecule has 3 N–H and O–H groups in total. The molecule has 0 fully saturated rings. The summed E-state index contributed by atoms with van der Waals surface area (Å²) in [5, 5.41) is 7.17. The zero-order chi connectivity index (χ0) is 21.2. The van der Waals surface area contributed by atoms with Crippen LogP contribution in [0, 0.1) is 0 Å². The molecule has 5 rings (SSSR count). The second kappa shape index (κ2) is 8.07. The van der Waals surface area contributed by atoms with Crippen LogP contribution >= 0.6 is 11.3 Å². The molecule has 1 aromatic carbocycles. The van der Waals surface area contributed by atoms with Crippen molar-refractivity contribution in [1.82, 2.24) is 20.3 Å². The van der Waals surface area contributed by atoms with Crippen LogP contribution in [0.1, 0.15) is 12.5 Å². The van der Waals surface area contributed by atoms with E-state index in [2.05, 4.69) is 38.5 Å². The molecule has 0 saturated carbocycles. The second-order valence-corrected chi connectivity index (χ2v) is 7.97. The molecule has 7 heteroatoms. The standard InChI is InChI=1S/C24H19N5OS/c1-2-25-23(30)29-24-28-20-14-17(15-7-5-3-4-6-8-15)13-18(21(20)31-24)19-10-9-16-11-12-26-22(16)27-19/h3,5-14H,2H2,1H3,(H,26,27)(H2,25,28,29,30). The fraction of sp³-hybridized carbons (Fsp3) is 0.0833. The minimum absolute atomic E-state index is 0.264. The van der Waals surface area contributed by atoms with Crippen molar-refractivity contribution < 1.29 is 4.79 Å². The summed E-state index contributed by atoms with van der Waals surface area (Å²) in [5.74, 6) is 0.